The van der Waals surface area contributed by atoms with Crippen molar-refractivity contribution in [2.24, 2.45) is 0 Å². The van der Waals surface area contributed by atoms with Gasteiger partial charge in [-0.05, 0) is 49.4 Å². The number of anilines is 1. The fraction of sp³-hybridized carbons (Fsp3) is 0.130. The summed E-state index contributed by atoms with van der Waals surface area (Å²) in [4.78, 5) is 17.8. The lowest BCUT2D eigenvalue weighted by Crippen LogP contribution is -2.20. The van der Waals surface area contributed by atoms with Crippen LogP contribution in [0, 0.1) is 0 Å². The third-order valence-electron chi connectivity index (χ3n) is 4.89. The number of aromatic nitrogens is 2. The first-order valence-corrected chi connectivity index (χ1v) is 10.1. The summed E-state index contributed by atoms with van der Waals surface area (Å²) in [7, 11) is 1.61. The van der Waals surface area contributed by atoms with Gasteiger partial charge in [0.1, 0.15) is 5.75 Å². The van der Waals surface area contributed by atoms with Crippen molar-refractivity contribution < 1.29 is 9.53 Å². The summed E-state index contributed by atoms with van der Waals surface area (Å²) in [6.45, 7) is 1.84. The van der Waals surface area contributed by atoms with Crippen molar-refractivity contribution in [1.82, 2.24) is 9.38 Å². The molecule has 0 saturated heterocycles. The number of nitrogens with one attached hydrogen (secondary N) is 1. The van der Waals surface area contributed by atoms with E-state index in [0.29, 0.717) is 27.1 Å². The predicted octanol–water partition coefficient (Wildman–Crippen LogP) is 6.06. The molecule has 1 N–H and O–H groups in total. The summed E-state index contributed by atoms with van der Waals surface area (Å²) >= 11 is 12.7. The van der Waals surface area contributed by atoms with Gasteiger partial charge in [-0.1, -0.05) is 41.4 Å². The summed E-state index contributed by atoms with van der Waals surface area (Å²) in [6, 6.07) is 18.5. The standard InChI is InChI=1S/C23H19Cl2N3O2/c1-14(23(29)26-17-6-4-3-5-7-17)21-20(15-8-10-18(30-2)11-9-15)27-22-19(25)12-16(24)13-28(21)22/h3-14H,1-2H3,(H,26,29). The summed E-state index contributed by atoms with van der Waals surface area (Å²) in [5, 5.41) is 3.83. The van der Waals surface area contributed by atoms with Crippen LogP contribution >= 0.6 is 23.2 Å². The van der Waals surface area contributed by atoms with Gasteiger partial charge in [0.2, 0.25) is 5.91 Å². The van der Waals surface area contributed by atoms with Crippen molar-refractivity contribution in [3.63, 3.8) is 0 Å². The SMILES string of the molecule is COc1ccc(-c2nc3c(Cl)cc(Cl)cn3c2C(C)C(=O)Nc2ccccc2)cc1. The van der Waals surface area contributed by atoms with Crippen LogP contribution < -0.4 is 10.1 Å². The van der Waals surface area contributed by atoms with Gasteiger partial charge in [0.15, 0.2) is 5.65 Å². The highest BCUT2D eigenvalue weighted by atomic mass is 35.5. The number of para-hydroxylation sites is 1. The fourth-order valence-corrected chi connectivity index (χ4v) is 3.88. The molecule has 0 saturated carbocycles. The molecule has 2 aromatic heterocycles. The smallest absolute Gasteiger partial charge is 0.233 e. The van der Waals surface area contributed by atoms with E-state index in [9.17, 15) is 4.79 Å². The molecular formula is C23H19Cl2N3O2. The van der Waals surface area contributed by atoms with E-state index in [4.69, 9.17) is 32.9 Å². The molecule has 30 heavy (non-hydrogen) atoms. The first-order chi connectivity index (χ1) is 14.5. The molecule has 2 heterocycles. The molecule has 0 aliphatic heterocycles. The molecule has 1 atom stereocenters. The zero-order chi connectivity index (χ0) is 21.3. The van der Waals surface area contributed by atoms with Crippen LogP contribution in [0.1, 0.15) is 18.5 Å². The normalized spacial score (nSPS) is 12.0. The number of halogens is 2. The Hall–Kier alpha value is -3.02. The lowest BCUT2D eigenvalue weighted by Gasteiger charge is -2.15. The van der Waals surface area contributed by atoms with Gasteiger partial charge in [-0.15, -0.1) is 0 Å². The molecule has 4 aromatic rings. The number of hydrogen-bond acceptors (Lipinski definition) is 3. The Morgan fingerprint density at radius 3 is 2.47 bits per heavy atom. The topological polar surface area (TPSA) is 55.6 Å². The minimum atomic E-state index is -0.521. The number of methoxy groups -OCH3 is 1. The predicted molar refractivity (Wildman–Crippen MR) is 121 cm³/mol. The molecule has 2 aromatic carbocycles. The number of ether oxygens (including phenoxy) is 1. The monoisotopic (exact) mass is 439 g/mol. The van der Waals surface area contributed by atoms with Gasteiger partial charge in [0, 0.05) is 17.4 Å². The Labute approximate surface area is 184 Å². The second-order valence-electron chi connectivity index (χ2n) is 6.85. The van der Waals surface area contributed by atoms with Crippen LogP contribution in [0.4, 0.5) is 5.69 Å². The molecule has 0 aliphatic rings. The van der Waals surface area contributed by atoms with Crippen LogP contribution in [-0.2, 0) is 4.79 Å². The molecule has 0 fully saturated rings. The minimum Gasteiger partial charge on any atom is -0.497 e. The summed E-state index contributed by atoms with van der Waals surface area (Å²) in [5.74, 6) is 0.0562. The Morgan fingerprint density at radius 1 is 1.10 bits per heavy atom. The average Bonchev–Trinajstić information content (AvgIpc) is 3.13. The van der Waals surface area contributed by atoms with E-state index >= 15 is 0 Å². The first-order valence-electron chi connectivity index (χ1n) is 9.35. The molecule has 1 unspecified atom stereocenters. The summed E-state index contributed by atoms with van der Waals surface area (Å²) in [5.41, 5.74) is 3.48. The molecule has 0 radical (unpaired) electrons. The van der Waals surface area contributed by atoms with E-state index in [1.165, 1.54) is 0 Å². The highest BCUT2D eigenvalue weighted by Crippen LogP contribution is 2.35. The van der Waals surface area contributed by atoms with Crippen LogP contribution in [-0.4, -0.2) is 22.4 Å². The van der Waals surface area contributed by atoms with E-state index in [0.717, 1.165) is 17.0 Å². The van der Waals surface area contributed by atoms with Crippen molar-refractivity contribution in [3.05, 3.63) is 82.6 Å². The fourth-order valence-electron chi connectivity index (χ4n) is 3.36. The third-order valence-corrected chi connectivity index (χ3v) is 5.37. The highest BCUT2D eigenvalue weighted by Gasteiger charge is 2.26. The minimum absolute atomic E-state index is 0.158. The number of pyridine rings is 1. The average molecular weight is 440 g/mol. The zero-order valence-corrected chi connectivity index (χ0v) is 17.9. The van der Waals surface area contributed by atoms with Gasteiger partial charge >= 0.3 is 0 Å². The number of benzene rings is 2. The number of amides is 1. The molecule has 152 valence electrons. The van der Waals surface area contributed by atoms with E-state index in [2.05, 4.69) is 5.32 Å². The van der Waals surface area contributed by atoms with Crippen LogP contribution in [0.3, 0.4) is 0 Å². The van der Waals surface area contributed by atoms with Crippen LogP contribution in [0.2, 0.25) is 10.0 Å². The van der Waals surface area contributed by atoms with Gasteiger partial charge < -0.3 is 10.1 Å². The lowest BCUT2D eigenvalue weighted by molar-refractivity contribution is -0.117. The van der Waals surface area contributed by atoms with Crippen molar-refractivity contribution in [3.8, 4) is 17.0 Å². The number of hydrogen-bond donors (Lipinski definition) is 1. The van der Waals surface area contributed by atoms with Gasteiger partial charge in [-0.3, -0.25) is 9.20 Å². The molecular weight excluding hydrogens is 421 g/mol. The molecule has 0 aliphatic carbocycles. The largest absolute Gasteiger partial charge is 0.497 e. The second kappa shape index (κ2) is 8.38. The van der Waals surface area contributed by atoms with E-state index < -0.39 is 5.92 Å². The third kappa shape index (κ3) is 3.86. The van der Waals surface area contributed by atoms with Crippen LogP contribution in [0.25, 0.3) is 16.9 Å². The Kier molecular flexibility index (Phi) is 5.66. The Bertz CT molecular complexity index is 1200. The Balaban J connectivity index is 1.84. The van der Waals surface area contributed by atoms with Crippen LogP contribution in [0.15, 0.2) is 66.9 Å². The van der Waals surface area contributed by atoms with E-state index in [1.807, 2.05) is 61.5 Å². The summed E-state index contributed by atoms with van der Waals surface area (Å²) < 4.78 is 7.04. The maximum Gasteiger partial charge on any atom is 0.233 e. The number of imidazole rings is 1. The maximum atomic E-state index is 13.1. The zero-order valence-electron chi connectivity index (χ0n) is 16.4. The summed E-state index contributed by atoms with van der Waals surface area (Å²) in [6.07, 6.45) is 1.73. The van der Waals surface area contributed by atoms with Gasteiger partial charge in [-0.25, -0.2) is 4.98 Å². The molecule has 7 heteroatoms. The molecule has 5 nitrogen and oxygen atoms in total. The van der Waals surface area contributed by atoms with E-state index in [1.54, 1.807) is 23.8 Å². The van der Waals surface area contributed by atoms with Gasteiger partial charge in [-0.2, -0.15) is 0 Å². The lowest BCUT2D eigenvalue weighted by atomic mass is 10.0. The number of rotatable bonds is 5. The van der Waals surface area contributed by atoms with Gasteiger partial charge in [0.05, 0.1) is 34.5 Å². The Morgan fingerprint density at radius 2 is 1.80 bits per heavy atom. The van der Waals surface area contributed by atoms with E-state index in [-0.39, 0.29) is 5.91 Å². The highest BCUT2D eigenvalue weighted by molar-refractivity contribution is 6.36. The number of fused-ring (bicyclic) bond motifs is 1. The van der Waals surface area contributed by atoms with Crippen molar-refractivity contribution in [2.45, 2.75) is 12.8 Å². The number of carbonyl (C=O) groups excluding carboxylic acids is 1. The van der Waals surface area contributed by atoms with Crippen molar-refractivity contribution in [1.29, 1.82) is 0 Å². The molecule has 4 rings (SSSR count). The number of carbonyl (C=O) groups is 1. The molecule has 1 amide bonds. The van der Waals surface area contributed by atoms with Crippen LogP contribution in [0.5, 0.6) is 5.75 Å². The first kappa shape index (κ1) is 20.3. The van der Waals surface area contributed by atoms with Crippen molar-refractivity contribution in [2.75, 3.05) is 12.4 Å². The molecule has 0 bridgehead atoms. The number of nitrogens with zero attached hydrogens (tertiary/aromatic N) is 2. The molecule has 0 spiro atoms. The quantitative estimate of drug-likeness (QED) is 0.411. The van der Waals surface area contributed by atoms with Gasteiger partial charge in [0.25, 0.3) is 0 Å². The maximum absolute atomic E-state index is 13.1. The van der Waals surface area contributed by atoms with Crippen molar-refractivity contribution >= 4 is 40.4 Å². The second-order valence-corrected chi connectivity index (χ2v) is 7.69.